The van der Waals surface area contributed by atoms with E-state index in [0.717, 1.165) is 17.8 Å². The number of hydrogen-bond donors (Lipinski definition) is 1. The van der Waals surface area contributed by atoms with Crippen molar-refractivity contribution in [3.63, 3.8) is 0 Å². The maximum atomic E-state index is 12.5. The Hall–Kier alpha value is -1.93. The molecule has 0 fully saturated rings. The standard InChI is InChI=1S/C18H27N5O2S/c1-6-18(3,4)20-16(24)13(2)26-17-22-21-15(23(17)11-12-25-5)14-7-9-19-10-8-14/h7-10,13H,6,11-12H2,1-5H3,(H,20,24). The number of hydrogen-bond acceptors (Lipinski definition) is 6. The molecule has 26 heavy (non-hydrogen) atoms. The lowest BCUT2D eigenvalue weighted by Crippen LogP contribution is -2.46. The summed E-state index contributed by atoms with van der Waals surface area (Å²) in [5.74, 6) is 0.738. The molecule has 0 aliphatic heterocycles. The van der Waals surface area contributed by atoms with Crippen LogP contribution in [0.25, 0.3) is 11.4 Å². The third kappa shape index (κ3) is 5.28. The van der Waals surface area contributed by atoms with Crippen LogP contribution in [0.2, 0.25) is 0 Å². The highest BCUT2D eigenvalue weighted by molar-refractivity contribution is 8.00. The predicted molar refractivity (Wildman–Crippen MR) is 103 cm³/mol. The number of carbonyl (C=O) groups is 1. The van der Waals surface area contributed by atoms with Crippen LogP contribution in [0.15, 0.2) is 29.7 Å². The molecule has 0 aliphatic carbocycles. The number of amides is 1. The quantitative estimate of drug-likeness (QED) is 0.677. The van der Waals surface area contributed by atoms with E-state index in [0.29, 0.717) is 18.3 Å². The molecule has 1 atom stereocenters. The van der Waals surface area contributed by atoms with Gasteiger partial charge in [-0.25, -0.2) is 0 Å². The first kappa shape index (κ1) is 20.4. The number of rotatable bonds is 9. The third-order valence-electron chi connectivity index (χ3n) is 4.17. The van der Waals surface area contributed by atoms with Gasteiger partial charge in [0.05, 0.1) is 18.4 Å². The zero-order chi connectivity index (χ0) is 19.2. The molecule has 1 amide bonds. The Kier molecular flexibility index (Phi) is 7.16. The Bertz CT molecular complexity index is 718. The maximum Gasteiger partial charge on any atom is 0.233 e. The van der Waals surface area contributed by atoms with Crippen LogP contribution < -0.4 is 5.32 Å². The molecule has 1 unspecified atom stereocenters. The molecule has 0 saturated carbocycles. The summed E-state index contributed by atoms with van der Waals surface area (Å²) in [5.41, 5.74) is 0.706. The second kappa shape index (κ2) is 9.14. The smallest absolute Gasteiger partial charge is 0.233 e. The van der Waals surface area contributed by atoms with Gasteiger partial charge in [0.2, 0.25) is 5.91 Å². The molecule has 2 aromatic rings. The highest BCUT2D eigenvalue weighted by Crippen LogP contribution is 2.27. The van der Waals surface area contributed by atoms with E-state index in [9.17, 15) is 4.79 Å². The van der Waals surface area contributed by atoms with Crippen molar-refractivity contribution in [2.24, 2.45) is 0 Å². The Balaban J connectivity index is 2.20. The van der Waals surface area contributed by atoms with Gasteiger partial charge in [-0.1, -0.05) is 18.7 Å². The van der Waals surface area contributed by atoms with Crippen LogP contribution in [0.3, 0.4) is 0 Å². The summed E-state index contributed by atoms with van der Waals surface area (Å²) in [4.78, 5) is 16.5. The van der Waals surface area contributed by atoms with Gasteiger partial charge in [-0.15, -0.1) is 10.2 Å². The number of aromatic nitrogens is 4. The van der Waals surface area contributed by atoms with Gasteiger partial charge < -0.3 is 10.1 Å². The Morgan fingerprint density at radius 3 is 2.65 bits per heavy atom. The number of thioether (sulfide) groups is 1. The summed E-state index contributed by atoms with van der Waals surface area (Å²) >= 11 is 1.40. The zero-order valence-electron chi connectivity index (χ0n) is 16.0. The topological polar surface area (TPSA) is 81.9 Å². The molecule has 0 spiro atoms. The lowest BCUT2D eigenvalue weighted by Gasteiger charge is -2.26. The Labute approximate surface area is 158 Å². The van der Waals surface area contributed by atoms with E-state index in [1.807, 2.05) is 37.5 Å². The van der Waals surface area contributed by atoms with Crippen LogP contribution in [-0.2, 0) is 16.1 Å². The van der Waals surface area contributed by atoms with Crippen molar-refractivity contribution < 1.29 is 9.53 Å². The van der Waals surface area contributed by atoms with Crippen LogP contribution >= 0.6 is 11.8 Å². The SMILES string of the molecule is CCC(C)(C)NC(=O)C(C)Sc1nnc(-c2ccncc2)n1CCOC. The largest absolute Gasteiger partial charge is 0.383 e. The number of methoxy groups -OCH3 is 1. The lowest BCUT2D eigenvalue weighted by atomic mass is 10.0. The summed E-state index contributed by atoms with van der Waals surface area (Å²) < 4.78 is 7.20. The van der Waals surface area contributed by atoms with Crippen molar-refractivity contribution in [3.8, 4) is 11.4 Å². The minimum atomic E-state index is -0.281. The molecule has 1 N–H and O–H groups in total. The molecular weight excluding hydrogens is 350 g/mol. The third-order valence-corrected chi connectivity index (χ3v) is 5.25. The molecule has 0 bridgehead atoms. The van der Waals surface area contributed by atoms with Gasteiger partial charge in [-0.3, -0.25) is 14.3 Å². The molecule has 0 aromatic carbocycles. The van der Waals surface area contributed by atoms with Gasteiger partial charge in [0, 0.05) is 30.6 Å². The minimum Gasteiger partial charge on any atom is -0.383 e. The fourth-order valence-corrected chi connectivity index (χ4v) is 3.08. The van der Waals surface area contributed by atoms with E-state index < -0.39 is 0 Å². The highest BCUT2D eigenvalue weighted by Gasteiger charge is 2.25. The molecule has 0 aliphatic rings. The number of nitrogens with one attached hydrogen (secondary N) is 1. The predicted octanol–water partition coefficient (Wildman–Crippen LogP) is 2.77. The van der Waals surface area contributed by atoms with Crippen LogP contribution in [0.4, 0.5) is 0 Å². The summed E-state index contributed by atoms with van der Waals surface area (Å²) in [7, 11) is 1.66. The first-order valence-electron chi connectivity index (χ1n) is 8.69. The Morgan fingerprint density at radius 2 is 2.04 bits per heavy atom. The lowest BCUT2D eigenvalue weighted by molar-refractivity contribution is -0.121. The van der Waals surface area contributed by atoms with Crippen LogP contribution in [0.1, 0.15) is 34.1 Å². The molecule has 0 radical (unpaired) electrons. The average molecular weight is 378 g/mol. The van der Waals surface area contributed by atoms with Crippen molar-refractivity contribution in [1.29, 1.82) is 0 Å². The monoisotopic (exact) mass is 377 g/mol. The molecule has 2 heterocycles. The molecule has 2 rings (SSSR count). The van der Waals surface area contributed by atoms with E-state index in [2.05, 4.69) is 27.4 Å². The summed E-state index contributed by atoms with van der Waals surface area (Å²) in [6.07, 6.45) is 4.31. The number of carbonyl (C=O) groups excluding carboxylic acids is 1. The highest BCUT2D eigenvalue weighted by atomic mass is 32.2. The fourth-order valence-electron chi connectivity index (χ4n) is 2.21. The first-order valence-corrected chi connectivity index (χ1v) is 9.57. The van der Waals surface area contributed by atoms with Gasteiger partial charge in [-0.05, 0) is 39.3 Å². The Morgan fingerprint density at radius 1 is 1.35 bits per heavy atom. The van der Waals surface area contributed by atoms with Gasteiger partial charge >= 0.3 is 0 Å². The second-order valence-corrected chi connectivity index (χ2v) is 7.98. The van der Waals surface area contributed by atoms with Crippen LogP contribution in [0, 0.1) is 0 Å². The first-order chi connectivity index (χ1) is 12.4. The zero-order valence-corrected chi connectivity index (χ0v) is 16.8. The second-order valence-electron chi connectivity index (χ2n) is 6.67. The number of ether oxygens (including phenoxy) is 1. The molecule has 142 valence electrons. The molecule has 0 saturated heterocycles. The van der Waals surface area contributed by atoms with Crippen molar-refractivity contribution in [3.05, 3.63) is 24.5 Å². The van der Waals surface area contributed by atoms with E-state index in [1.54, 1.807) is 19.5 Å². The van der Waals surface area contributed by atoms with Gasteiger partial charge in [-0.2, -0.15) is 0 Å². The van der Waals surface area contributed by atoms with Crippen molar-refractivity contribution in [1.82, 2.24) is 25.1 Å². The number of pyridine rings is 1. The van der Waals surface area contributed by atoms with E-state index in [1.165, 1.54) is 11.8 Å². The molecule has 7 nitrogen and oxygen atoms in total. The average Bonchev–Trinajstić information content (AvgIpc) is 3.02. The van der Waals surface area contributed by atoms with Gasteiger partial charge in [0.25, 0.3) is 0 Å². The minimum absolute atomic E-state index is 0.00592. The maximum absolute atomic E-state index is 12.5. The van der Waals surface area contributed by atoms with E-state index >= 15 is 0 Å². The summed E-state index contributed by atoms with van der Waals surface area (Å²) in [6, 6.07) is 3.78. The molecular formula is C18H27N5O2S. The van der Waals surface area contributed by atoms with E-state index in [-0.39, 0.29) is 16.7 Å². The summed E-state index contributed by atoms with van der Waals surface area (Å²) in [5, 5.41) is 12.1. The van der Waals surface area contributed by atoms with Crippen LogP contribution in [-0.4, -0.2) is 50.2 Å². The van der Waals surface area contributed by atoms with Crippen molar-refractivity contribution in [2.75, 3.05) is 13.7 Å². The molecule has 8 heteroatoms. The normalized spacial score (nSPS) is 12.8. The summed E-state index contributed by atoms with van der Waals surface area (Å²) in [6.45, 7) is 9.12. The molecule has 2 aromatic heterocycles. The van der Waals surface area contributed by atoms with Crippen LogP contribution in [0.5, 0.6) is 0 Å². The van der Waals surface area contributed by atoms with Gasteiger partial charge in [0.15, 0.2) is 11.0 Å². The van der Waals surface area contributed by atoms with Crippen molar-refractivity contribution >= 4 is 17.7 Å². The van der Waals surface area contributed by atoms with Gasteiger partial charge in [0.1, 0.15) is 0 Å². The van der Waals surface area contributed by atoms with E-state index in [4.69, 9.17) is 4.74 Å². The number of nitrogens with zero attached hydrogens (tertiary/aromatic N) is 4. The fraction of sp³-hybridized carbons (Fsp3) is 0.556. The van der Waals surface area contributed by atoms with Crippen molar-refractivity contribution in [2.45, 2.75) is 56.6 Å².